The van der Waals surface area contributed by atoms with Crippen molar-refractivity contribution in [3.8, 4) is 0 Å². The Morgan fingerprint density at radius 1 is 0.615 bits per heavy atom. The van der Waals surface area contributed by atoms with Crippen LogP contribution in [-0.2, 0) is 14.3 Å². The van der Waals surface area contributed by atoms with Crippen molar-refractivity contribution in [3.63, 3.8) is 0 Å². The van der Waals surface area contributed by atoms with Crippen molar-refractivity contribution in [1.29, 1.82) is 0 Å². The molecule has 0 radical (unpaired) electrons. The Morgan fingerprint density at radius 2 is 1.00 bits per heavy atom. The van der Waals surface area contributed by atoms with Crippen LogP contribution >= 0.6 is 0 Å². The van der Waals surface area contributed by atoms with Gasteiger partial charge in [-0.3, -0.25) is 9.59 Å². The van der Waals surface area contributed by atoms with Gasteiger partial charge in [0.2, 0.25) is 5.91 Å². The fourth-order valence-electron chi connectivity index (χ4n) is 3.13. The van der Waals surface area contributed by atoms with Gasteiger partial charge in [-0.15, -0.1) is 0 Å². The number of hydrogen-bond acceptors (Lipinski definition) is 3. The molecule has 0 fully saturated rings. The van der Waals surface area contributed by atoms with Crippen LogP contribution in [0, 0.1) is 0 Å². The third-order valence-corrected chi connectivity index (χ3v) is 4.84. The first kappa shape index (κ1) is 24.9. The summed E-state index contributed by atoms with van der Waals surface area (Å²) in [5.41, 5.74) is 4.99. The fraction of sp³-hybridized carbons (Fsp3) is 0.909. The Balaban J connectivity index is 3.09. The van der Waals surface area contributed by atoms with Gasteiger partial charge in [-0.1, -0.05) is 103 Å². The van der Waals surface area contributed by atoms with Gasteiger partial charge in [-0.2, -0.15) is 0 Å². The zero-order valence-corrected chi connectivity index (χ0v) is 17.2. The van der Waals surface area contributed by atoms with Crippen LogP contribution in [0.1, 0.15) is 122 Å². The predicted octanol–water partition coefficient (Wildman–Crippen LogP) is 6.06. The van der Waals surface area contributed by atoms with E-state index in [4.69, 9.17) is 10.5 Å². The van der Waals surface area contributed by atoms with Crippen molar-refractivity contribution in [2.45, 2.75) is 122 Å². The molecule has 0 saturated carbocycles. The second kappa shape index (κ2) is 20.3. The molecule has 1 amide bonds. The predicted molar refractivity (Wildman–Crippen MR) is 109 cm³/mol. The number of esters is 1. The van der Waals surface area contributed by atoms with Gasteiger partial charge >= 0.3 is 5.97 Å². The highest BCUT2D eigenvalue weighted by molar-refractivity contribution is 5.79. The van der Waals surface area contributed by atoms with Crippen molar-refractivity contribution >= 4 is 11.9 Å². The highest BCUT2D eigenvalue weighted by Gasteiger charge is 2.04. The Kier molecular flexibility index (Phi) is 19.4. The number of amides is 1. The van der Waals surface area contributed by atoms with E-state index < -0.39 is 5.91 Å². The minimum atomic E-state index is -0.454. The van der Waals surface area contributed by atoms with Crippen molar-refractivity contribution in [2.75, 3.05) is 6.61 Å². The van der Waals surface area contributed by atoms with Gasteiger partial charge in [-0.25, -0.2) is 0 Å². The molecular weight excluding hydrogens is 326 g/mol. The molecule has 0 bridgehead atoms. The molecule has 26 heavy (non-hydrogen) atoms. The summed E-state index contributed by atoms with van der Waals surface area (Å²) < 4.78 is 5.06. The Hall–Kier alpha value is -1.06. The number of carbonyl (C=O) groups excluding carboxylic acids is 2. The second-order valence-electron chi connectivity index (χ2n) is 7.49. The van der Waals surface area contributed by atoms with Crippen molar-refractivity contribution in [1.82, 2.24) is 0 Å². The summed E-state index contributed by atoms with van der Waals surface area (Å²) in [6.45, 7) is 2.74. The fourth-order valence-corrected chi connectivity index (χ4v) is 3.13. The number of hydrogen-bond donors (Lipinski definition) is 1. The number of rotatable bonds is 20. The monoisotopic (exact) mass is 369 g/mol. The van der Waals surface area contributed by atoms with E-state index in [1.807, 2.05) is 0 Å². The SMILES string of the molecule is CCCCCCCCCCCCCCCCCCOC(=O)CCC(N)=O. The molecule has 0 unspecified atom stereocenters. The lowest BCUT2D eigenvalue weighted by Crippen LogP contribution is -2.14. The van der Waals surface area contributed by atoms with Gasteiger partial charge in [0.1, 0.15) is 0 Å². The van der Waals surface area contributed by atoms with E-state index in [9.17, 15) is 9.59 Å². The lowest BCUT2D eigenvalue weighted by atomic mass is 10.0. The van der Waals surface area contributed by atoms with E-state index in [-0.39, 0.29) is 18.8 Å². The molecule has 154 valence electrons. The smallest absolute Gasteiger partial charge is 0.306 e. The Morgan fingerprint density at radius 3 is 1.38 bits per heavy atom. The lowest BCUT2D eigenvalue weighted by molar-refractivity contribution is -0.144. The summed E-state index contributed by atoms with van der Waals surface area (Å²) in [7, 11) is 0. The number of ether oxygens (including phenoxy) is 1. The van der Waals surface area contributed by atoms with Gasteiger partial charge in [0.05, 0.1) is 13.0 Å². The molecule has 0 heterocycles. The molecule has 0 aliphatic heterocycles. The zero-order valence-electron chi connectivity index (χ0n) is 17.2. The number of carbonyl (C=O) groups is 2. The van der Waals surface area contributed by atoms with Crippen LogP contribution in [0.2, 0.25) is 0 Å². The number of unbranched alkanes of at least 4 members (excludes halogenated alkanes) is 15. The standard InChI is InChI=1S/C22H43NO3/c1-2-3-4-5-6-7-8-9-10-11-12-13-14-15-16-17-20-26-22(25)19-18-21(23)24/h2-20H2,1H3,(H2,23,24). The summed E-state index contributed by atoms with van der Waals surface area (Å²) in [6, 6.07) is 0. The minimum Gasteiger partial charge on any atom is -0.466 e. The third kappa shape index (κ3) is 21.0. The highest BCUT2D eigenvalue weighted by atomic mass is 16.5. The Bertz CT molecular complexity index is 331. The molecule has 0 aromatic carbocycles. The van der Waals surface area contributed by atoms with Gasteiger partial charge in [0.25, 0.3) is 0 Å². The van der Waals surface area contributed by atoms with Crippen LogP contribution < -0.4 is 5.73 Å². The van der Waals surface area contributed by atoms with Crippen molar-refractivity contribution in [3.05, 3.63) is 0 Å². The first-order valence-corrected chi connectivity index (χ1v) is 11.1. The van der Waals surface area contributed by atoms with Crippen LogP contribution in [0.5, 0.6) is 0 Å². The van der Waals surface area contributed by atoms with Gasteiger partial charge in [0, 0.05) is 6.42 Å². The van der Waals surface area contributed by atoms with E-state index in [0.29, 0.717) is 6.61 Å². The first-order valence-electron chi connectivity index (χ1n) is 11.1. The Labute approximate surface area is 161 Å². The summed E-state index contributed by atoms with van der Waals surface area (Å²) in [4.78, 5) is 21.8. The average Bonchev–Trinajstić information content (AvgIpc) is 2.62. The van der Waals surface area contributed by atoms with Crippen molar-refractivity contribution in [2.24, 2.45) is 5.73 Å². The number of nitrogens with two attached hydrogens (primary N) is 1. The van der Waals surface area contributed by atoms with Gasteiger partial charge < -0.3 is 10.5 Å². The molecule has 0 spiro atoms. The number of primary amides is 1. The molecule has 4 heteroatoms. The summed E-state index contributed by atoms with van der Waals surface area (Å²) in [5.74, 6) is -0.769. The average molecular weight is 370 g/mol. The molecule has 0 rings (SSSR count). The minimum absolute atomic E-state index is 0.0811. The molecule has 0 aromatic heterocycles. The van der Waals surface area contributed by atoms with Crippen LogP contribution in [0.25, 0.3) is 0 Å². The summed E-state index contributed by atoms with van der Waals surface area (Å²) in [6.07, 6.45) is 21.5. The summed E-state index contributed by atoms with van der Waals surface area (Å²) in [5, 5.41) is 0. The third-order valence-electron chi connectivity index (χ3n) is 4.84. The topological polar surface area (TPSA) is 69.4 Å². The van der Waals surface area contributed by atoms with Gasteiger partial charge in [-0.05, 0) is 6.42 Å². The van der Waals surface area contributed by atoms with E-state index in [2.05, 4.69) is 6.92 Å². The quantitative estimate of drug-likeness (QED) is 0.209. The summed E-state index contributed by atoms with van der Waals surface area (Å²) >= 11 is 0. The van der Waals surface area contributed by atoms with Crippen LogP contribution in [-0.4, -0.2) is 18.5 Å². The molecule has 0 aromatic rings. The second-order valence-corrected chi connectivity index (χ2v) is 7.49. The lowest BCUT2D eigenvalue weighted by Gasteiger charge is -2.05. The highest BCUT2D eigenvalue weighted by Crippen LogP contribution is 2.13. The molecular formula is C22H43NO3. The molecule has 0 aliphatic rings. The normalized spacial score (nSPS) is 10.8. The van der Waals surface area contributed by atoms with E-state index in [1.54, 1.807) is 0 Å². The first-order chi connectivity index (χ1) is 12.7. The maximum atomic E-state index is 11.3. The maximum absolute atomic E-state index is 11.3. The van der Waals surface area contributed by atoms with E-state index >= 15 is 0 Å². The van der Waals surface area contributed by atoms with Crippen LogP contribution in [0.3, 0.4) is 0 Å². The molecule has 0 saturated heterocycles. The molecule has 2 N–H and O–H groups in total. The molecule has 4 nitrogen and oxygen atoms in total. The van der Waals surface area contributed by atoms with Gasteiger partial charge in [0.15, 0.2) is 0 Å². The molecule has 0 aliphatic carbocycles. The maximum Gasteiger partial charge on any atom is 0.306 e. The van der Waals surface area contributed by atoms with E-state index in [1.165, 1.54) is 89.9 Å². The zero-order chi connectivity index (χ0) is 19.3. The van der Waals surface area contributed by atoms with Crippen molar-refractivity contribution < 1.29 is 14.3 Å². The molecule has 0 atom stereocenters. The van der Waals surface area contributed by atoms with E-state index in [0.717, 1.165) is 12.8 Å². The largest absolute Gasteiger partial charge is 0.466 e. The van der Waals surface area contributed by atoms with Crippen LogP contribution in [0.15, 0.2) is 0 Å². The van der Waals surface area contributed by atoms with Crippen LogP contribution in [0.4, 0.5) is 0 Å².